The van der Waals surface area contributed by atoms with Gasteiger partial charge in [0.1, 0.15) is 5.84 Å². The van der Waals surface area contributed by atoms with E-state index in [0.29, 0.717) is 19.0 Å². The summed E-state index contributed by atoms with van der Waals surface area (Å²) in [5.41, 5.74) is 5.18. The van der Waals surface area contributed by atoms with Crippen LogP contribution in [0.25, 0.3) is 0 Å². The summed E-state index contributed by atoms with van der Waals surface area (Å²) in [5, 5.41) is 14.6. The quantitative estimate of drug-likeness (QED) is 0.441. The van der Waals surface area contributed by atoms with Crippen molar-refractivity contribution in [1.82, 2.24) is 4.90 Å². The van der Waals surface area contributed by atoms with Crippen LogP contribution in [0, 0.1) is 10.8 Å². The number of nitrogens with zero attached hydrogens (tertiary/aromatic N) is 1. The monoisotopic (exact) mass is 206 g/mol. The van der Waals surface area contributed by atoms with Crippen molar-refractivity contribution in [2.45, 2.75) is 6.42 Å². The Hall–Kier alpha value is -0.810. The van der Waals surface area contributed by atoms with E-state index in [0.717, 1.165) is 13.1 Å². The first-order chi connectivity index (χ1) is 5.70. The van der Waals surface area contributed by atoms with E-state index in [-0.39, 0.29) is 24.7 Å². The molecule has 0 aliphatic carbocycles. The lowest BCUT2D eigenvalue weighted by molar-refractivity contribution is 0.0672. The van der Waals surface area contributed by atoms with Crippen molar-refractivity contribution >= 4 is 24.1 Å². The number of hydrogen-bond donors (Lipinski definition) is 3. The van der Waals surface area contributed by atoms with Gasteiger partial charge in [-0.2, -0.15) is 0 Å². The maximum atomic E-state index is 7.56. The Balaban J connectivity index is 0.00000144. The fraction of sp³-hybridized carbons (Fsp3) is 0.714. The maximum Gasteiger partial charge on any atom is 0.104 e. The Morgan fingerprint density at radius 3 is 2.31 bits per heavy atom. The molecule has 1 fully saturated rings. The summed E-state index contributed by atoms with van der Waals surface area (Å²) in [7, 11) is 0. The van der Waals surface area contributed by atoms with Gasteiger partial charge >= 0.3 is 0 Å². The van der Waals surface area contributed by atoms with Gasteiger partial charge in [-0.1, -0.05) is 0 Å². The highest BCUT2D eigenvalue weighted by atomic mass is 35.5. The molecule has 0 atom stereocenters. The largest absolute Gasteiger partial charge is 0.387 e. The molecule has 0 aromatic rings. The highest BCUT2D eigenvalue weighted by Crippen LogP contribution is 1.99. The molecule has 1 heterocycles. The van der Waals surface area contributed by atoms with Gasteiger partial charge in [0, 0.05) is 13.1 Å². The van der Waals surface area contributed by atoms with Crippen LogP contribution < -0.4 is 5.73 Å². The SMILES string of the molecule is Cl.N=C(N)CC(=N)N1CCOCC1. The number of halogens is 1. The number of nitrogens with one attached hydrogen (secondary N) is 2. The Bertz CT molecular complexity index is 191. The highest BCUT2D eigenvalue weighted by Gasteiger charge is 2.13. The van der Waals surface area contributed by atoms with Crippen LogP contribution in [0.3, 0.4) is 0 Å². The summed E-state index contributed by atoms with van der Waals surface area (Å²) in [4.78, 5) is 1.89. The molecular formula is C7H15ClN4O. The molecule has 0 spiro atoms. The standard InChI is InChI=1S/C7H14N4O.ClH/c8-6(9)5-7(10)11-1-3-12-4-2-11;/h10H,1-5H2,(H3,8,9);1H. The highest BCUT2D eigenvalue weighted by molar-refractivity contribution is 5.98. The second-order valence-electron chi connectivity index (χ2n) is 2.75. The second-order valence-corrected chi connectivity index (χ2v) is 2.75. The second kappa shape index (κ2) is 5.77. The first kappa shape index (κ1) is 12.2. The first-order valence-electron chi connectivity index (χ1n) is 3.93. The number of hydrogen-bond acceptors (Lipinski definition) is 3. The van der Waals surface area contributed by atoms with E-state index in [1.807, 2.05) is 4.90 Å². The van der Waals surface area contributed by atoms with Crippen molar-refractivity contribution in [2.75, 3.05) is 26.3 Å². The van der Waals surface area contributed by atoms with E-state index in [2.05, 4.69) is 0 Å². The van der Waals surface area contributed by atoms with E-state index in [1.165, 1.54) is 0 Å². The zero-order chi connectivity index (χ0) is 8.97. The van der Waals surface area contributed by atoms with E-state index in [4.69, 9.17) is 21.3 Å². The summed E-state index contributed by atoms with van der Waals surface area (Å²) in [6, 6.07) is 0. The molecule has 1 saturated heterocycles. The first-order valence-corrected chi connectivity index (χ1v) is 3.93. The molecule has 0 amide bonds. The molecule has 0 aromatic carbocycles. The maximum absolute atomic E-state index is 7.56. The van der Waals surface area contributed by atoms with Gasteiger partial charge in [-0.3, -0.25) is 10.8 Å². The van der Waals surface area contributed by atoms with E-state index < -0.39 is 0 Å². The fourth-order valence-electron chi connectivity index (χ4n) is 1.13. The van der Waals surface area contributed by atoms with Crippen LogP contribution in [0.4, 0.5) is 0 Å². The number of ether oxygens (including phenoxy) is 1. The summed E-state index contributed by atoms with van der Waals surface area (Å²) >= 11 is 0. The van der Waals surface area contributed by atoms with E-state index in [1.54, 1.807) is 0 Å². The Morgan fingerprint density at radius 1 is 1.31 bits per heavy atom. The van der Waals surface area contributed by atoms with Crippen LogP contribution in [0.1, 0.15) is 6.42 Å². The Labute approximate surface area is 83.7 Å². The molecule has 5 nitrogen and oxygen atoms in total. The minimum atomic E-state index is 0. The molecule has 76 valence electrons. The van der Waals surface area contributed by atoms with Gasteiger partial charge < -0.3 is 15.4 Å². The Kier molecular flexibility index (Phi) is 5.41. The van der Waals surface area contributed by atoms with Gasteiger partial charge in [0.15, 0.2) is 0 Å². The zero-order valence-corrected chi connectivity index (χ0v) is 8.19. The molecule has 4 N–H and O–H groups in total. The van der Waals surface area contributed by atoms with Crippen molar-refractivity contribution in [2.24, 2.45) is 5.73 Å². The molecule has 0 bridgehead atoms. The number of nitrogens with two attached hydrogens (primary N) is 1. The minimum Gasteiger partial charge on any atom is -0.387 e. The average Bonchev–Trinajstić information content (AvgIpc) is 2.05. The fourth-order valence-corrected chi connectivity index (χ4v) is 1.13. The van der Waals surface area contributed by atoms with Gasteiger partial charge in [-0.05, 0) is 0 Å². The van der Waals surface area contributed by atoms with E-state index in [9.17, 15) is 0 Å². The van der Waals surface area contributed by atoms with Crippen LogP contribution in [0.5, 0.6) is 0 Å². The third-order valence-corrected chi connectivity index (χ3v) is 1.75. The third-order valence-electron chi connectivity index (χ3n) is 1.75. The van der Waals surface area contributed by atoms with Crippen LogP contribution in [-0.2, 0) is 4.74 Å². The molecule has 1 rings (SSSR count). The predicted octanol–water partition coefficient (Wildman–Crippen LogP) is 0.0437. The van der Waals surface area contributed by atoms with Gasteiger partial charge in [-0.25, -0.2) is 0 Å². The zero-order valence-electron chi connectivity index (χ0n) is 7.38. The van der Waals surface area contributed by atoms with Crippen molar-refractivity contribution in [3.05, 3.63) is 0 Å². The lowest BCUT2D eigenvalue weighted by Crippen LogP contribution is -2.41. The molecule has 0 radical (unpaired) electrons. The minimum absolute atomic E-state index is 0. The van der Waals surface area contributed by atoms with Crippen LogP contribution in [-0.4, -0.2) is 42.9 Å². The summed E-state index contributed by atoms with van der Waals surface area (Å²) in [5.74, 6) is 0.470. The molecule has 0 aromatic heterocycles. The lowest BCUT2D eigenvalue weighted by atomic mass is 10.3. The molecule has 13 heavy (non-hydrogen) atoms. The predicted molar refractivity (Wildman–Crippen MR) is 53.9 cm³/mol. The van der Waals surface area contributed by atoms with Gasteiger partial charge in [0.2, 0.25) is 0 Å². The molecule has 0 saturated carbocycles. The topological polar surface area (TPSA) is 86.2 Å². The van der Waals surface area contributed by atoms with Crippen molar-refractivity contribution in [3.8, 4) is 0 Å². The molecule has 1 aliphatic rings. The molecular weight excluding hydrogens is 192 g/mol. The Morgan fingerprint density at radius 2 is 1.85 bits per heavy atom. The van der Waals surface area contributed by atoms with Crippen molar-refractivity contribution in [3.63, 3.8) is 0 Å². The summed E-state index contributed by atoms with van der Waals surface area (Å²) in [6.07, 6.45) is 0.250. The van der Waals surface area contributed by atoms with Crippen LogP contribution in [0.15, 0.2) is 0 Å². The molecule has 0 unspecified atom stereocenters. The number of morpholine rings is 1. The van der Waals surface area contributed by atoms with Gasteiger partial charge in [0.05, 0.1) is 25.5 Å². The summed E-state index contributed by atoms with van der Waals surface area (Å²) < 4.78 is 5.13. The normalized spacial score (nSPS) is 16.2. The molecule has 1 aliphatic heterocycles. The van der Waals surface area contributed by atoms with Crippen LogP contribution >= 0.6 is 12.4 Å². The van der Waals surface area contributed by atoms with Crippen molar-refractivity contribution in [1.29, 1.82) is 10.8 Å². The van der Waals surface area contributed by atoms with Crippen LogP contribution in [0.2, 0.25) is 0 Å². The van der Waals surface area contributed by atoms with Crippen molar-refractivity contribution < 1.29 is 4.74 Å². The third kappa shape index (κ3) is 4.10. The summed E-state index contributed by atoms with van der Waals surface area (Å²) in [6.45, 7) is 2.82. The molecule has 6 heteroatoms. The smallest absolute Gasteiger partial charge is 0.104 e. The van der Waals surface area contributed by atoms with Gasteiger partial charge in [0.25, 0.3) is 0 Å². The lowest BCUT2D eigenvalue weighted by Gasteiger charge is -2.28. The van der Waals surface area contributed by atoms with E-state index >= 15 is 0 Å². The number of amidine groups is 2. The van der Waals surface area contributed by atoms with Gasteiger partial charge in [-0.15, -0.1) is 12.4 Å². The number of rotatable bonds is 2. The average molecular weight is 207 g/mol.